The number of aryl methyl sites for hydroxylation is 1. The molecule has 0 bridgehead atoms. The van der Waals surface area contributed by atoms with Crippen LogP contribution in [0.25, 0.3) is 0 Å². The zero-order chi connectivity index (χ0) is 17.3. The van der Waals surface area contributed by atoms with Crippen LogP contribution in [0.5, 0.6) is 0 Å². The van der Waals surface area contributed by atoms with Crippen molar-refractivity contribution in [1.29, 1.82) is 0 Å². The van der Waals surface area contributed by atoms with Gasteiger partial charge in [-0.3, -0.25) is 4.79 Å². The number of nitrogens with one attached hydrogen (secondary N) is 1. The predicted molar refractivity (Wildman–Crippen MR) is 87.0 cm³/mol. The van der Waals surface area contributed by atoms with Crippen LogP contribution in [0, 0.1) is 5.82 Å². The number of rotatable bonds is 4. The van der Waals surface area contributed by atoms with Gasteiger partial charge in [-0.05, 0) is 30.2 Å². The first-order valence-electron chi connectivity index (χ1n) is 7.58. The van der Waals surface area contributed by atoms with Crippen molar-refractivity contribution in [3.63, 3.8) is 0 Å². The number of carbonyl (C=O) groups is 2. The molecule has 0 saturated carbocycles. The van der Waals surface area contributed by atoms with E-state index in [1.807, 2.05) is 0 Å². The van der Waals surface area contributed by atoms with Gasteiger partial charge in [0.05, 0.1) is 6.04 Å². The van der Waals surface area contributed by atoms with Gasteiger partial charge in [-0.15, -0.1) is 11.8 Å². The third-order valence-corrected chi connectivity index (χ3v) is 5.02. The quantitative estimate of drug-likeness (QED) is 0.881. The SMILES string of the molecule is CCc1oc(C(=O)NC2CCSc3ccc(F)cc32)cc1C(=O)O. The number of fused-ring (bicyclic) bond motifs is 1. The number of aromatic carboxylic acids is 1. The van der Waals surface area contributed by atoms with Gasteiger partial charge in [0.25, 0.3) is 5.91 Å². The topological polar surface area (TPSA) is 79.5 Å². The number of amides is 1. The number of carboxylic acid groups (broad SMARTS) is 1. The van der Waals surface area contributed by atoms with Crippen LogP contribution in [0.2, 0.25) is 0 Å². The van der Waals surface area contributed by atoms with E-state index in [1.54, 1.807) is 24.8 Å². The van der Waals surface area contributed by atoms with Gasteiger partial charge in [0.2, 0.25) is 0 Å². The molecule has 1 aromatic heterocycles. The highest BCUT2D eigenvalue weighted by atomic mass is 32.2. The van der Waals surface area contributed by atoms with Gasteiger partial charge in [0, 0.05) is 23.1 Å². The molecule has 5 nitrogen and oxygen atoms in total. The summed E-state index contributed by atoms with van der Waals surface area (Å²) in [6.45, 7) is 1.75. The van der Waals surface area contributed by atoms with Crippen LogP contribution in [0.1, 0.15) is 51.6 Å². The Morgan fingerprint density at radius 1 is 1.42 bits per heavy atom. The van der Waals surface area contributed by atoms with E-state index in [2.05, 4.69) is 5.32 Å². The number of hydrogen-bond donors (Lipinski definition) is 2. The van der Waals surface area contributed by atoms with Gasteiger partial charge < -0.3 is 14.8 Å². The summed E-state index contributed by atoms with van der Waals surface area (Å²) in [4.78, 5) is 24.5. The van der Waals surface area contributed by atoms with Crippen molar-refractivity contribution in [3.05, 3.63) is 52.7 Å². The average molecular weight is 349 g/mol. The van der Waals surface area contributed by atoms with Crippen LogP contribution in [-0.2, 0) is 6.42 Å². The molecule has 0 saturated heterocycles. The summed E-state index contributed by atoms with van der Waals surface area (Å²) in [7, 11) is 0. The van der Waals surface area contributed by atoms with Crippen molar-refractivity contribution in [1.82, 2.24) is 5.32 Å². The minimum atomic E-state index is -1.13. The molecule has 1 amide bonds. The summed E-state index contributed by atoms with van der Waals surface area (Å²) in [6.07, 6.45) is 1.04. The first-order valence-corrected chi connectivity index (χ1v) is 8.57. The monoisotopic (exact) mass is 349 g/mol. The van der Waals surface area contributed by atoms with Crippen molar-refractivity contribution in [2.24, 2.45) is 0 Å². The number of hydrogen-bond acceptors (Lipinski definition) is 4. The van der Waals surface area contributed by atoms with Crippen molar-refractivity contribution in [2.75, 3.05) is 5.75 Å². The Kier molecular flexibility index (Phi) is 4.62. The van der Waals surface area contributed by atoms with Gasteiger partial charge in [-0.2, -0.15) is 0 Å². The molecule has 0 spiro atoms. The highest BCUT2D eigenvalue weighted by molar-refractivity contribution is 7.99. The molecule has 0 aliphatic carbocycles. The smallest absolute Gasteiger partial charge is 0.339 e. The molecule has 1 aliphatic heterocycles. The molecular formula is C17H16FNO4S. The van der Waals surface area contributed by atoms with Crippen molar-refractivity contribution in [3.8, 4) is 0 Å². The van der Waals surface area contributed by atoms with Gasteiger partial charge in [-0.25, -0.2) is 9.18 Å². The van der Waals surface area contributed by atoms with E-state index in [-0.39, 0.29) is 28.9 Å². The molecule has 0 radical (unpaired) electrons. The van der Waals surface area contributed by atoms with Gasteiger partial charge >= 0.3 is 5.97 Å². The van der Waals surface area contributed by atoms with E-state index in [1.165, 1.54) is 18.2 Å². The fourth-order valence-corrected chi connectivity index (χ4v) is 3.83. The van der Waals surface area contributed by atoms with E-state index in [0.29, 0.717) is 12.8 Å². The molecule has 126 valence electrons. The molecule has 0 fully saturated rings. The van der Waals surface area contributed by atoms with Crippen LogP contribution in [0.3, 0.4) is 0 Å². The number of thioether (sulfide) groups is 1. The Morgan fingerprint density at radius 3 is 2.88 bits per heavy atom. The Morgan fingerprint density at radius 2 is 2.21 bits per heavy atom. The molecule has 24 heavy (non-hydrogen) atoms. The zero-order valence-corrected chi connectivity index (χ0v) is 13.8. The van der Waals surface area contributed by atoms with E-state index in [9.17, 15) is 14.0 Å². The average Bonchev–Trinajstić information content (AvgIpc) is 3.00. The molecular weight excluding hydrogens is 333 g/mol. The molecule has 1 unspecified atom stereocenters. The fraction of sp³-hybridized carbons (Fsp3) is 0.294. The summed E-state index contributed by atoms with van der Waals surface area (Å²) < 4.78 is 18.9. The second-order valence-corrected chi connectivity index (χ2v) is 6.59. The van der Waals surface area contributed by atoms with E-state index in [0.717, 1.165) is 16.2 Å². The lowest BCUT2D eigenvalue weighted by molar-refractivity contribution is 0.0694. The first-order chi connectivity index (χ1) is 11.5. The Labute approximate surface area is 142 Å². The van der Waals surface area contributed by atoms with Crippen molar-refractivity contribution < 1.29 is 23.5 Å². The summed E-state index contributed by atoms with van der Waals surface area (Å²) in [5, 5.41) is 12.0. The van der Waals surface area contributed by atoms with Gasteiger partial charge in [-0.1, -0.05) is 6.92 Å². The van der Waals surface area contributed by atoms with Crippen LogP contribution in [0.15, 0.2) is 33.6 Å². The fourth-order valence-electron chi connectivity index (χ4n) is 2.73. The third-order valence-electron chi connectivity index (χ3n) is 3.90. The molecule has 2 N–H and O–H groups in total. The molecule has 1 aromatic carbocycles. The normalized spacial score (nSPS) is 16.5. The lowest BCUT2D eigenvalue weighted by atomic mass is 10.0. The second-order valence-electron chi connectivity index (χ2n) is 5.45. The molecule has 7 heteroatoms. The Bertz CT molecular complexity index is 802. The van der Waals surface area contributed by atoms with Crippen molar-refractivity contribution in [2.45, 2.75) is 30.7 Å². The molecule has 2 heterocycles. The van der Waals surface area contributed by atoms with Crippen LogP contribution < -0.4 is 5.32 Å². The Balaban J connectivity index is 1.84. The number of halogens is 1. The lowest BCUT2D eigenvalue weighted by Gasteiger charge is -2.25. The van der Waals surface area contributed by atoms with Crippen LogP contribution in [-0.4, -0.2) is 22.7 Å². The standard InChI is InChI=1S/C17H16FNO4S/c1-2-13-11(17(21)22)8-14(23-13)16(20)19-12-5-6-24-15-4-3-9(18)7-10(12)15/h3-4,7-8,12H,2,5-6H2,1H3,(H,19,20)(H,21,22). The van der Waals surface area contributed by atoms with Crippen LogP contribution >= 0.6 is 11.8 Å². The van der Waals surface area contributed by atoms with Crippen molar-refractivity contribution >= 4 is 23.6 Å². The third kappa shape index (κ3) is 3.17. The zero-order valence-electron chi connectivity index (χ0n) is 13.0. The number of carboxylic acids is 1. The molecule has 2 aromatic rings. The maximum Gasteiger partial charge on any atom is 0.339 e. The summed E-state index contributed by atoms with van der Waals surface area (Å²) in [6, 6.07) is 5.44. The maximum absolute atomic E-state index is 13.5. The number of furan rings is 1. The number of carbonyl (C=O) groups excluding carboxylic acids is 1. The van der Waals surface area contributed by atoms with E-state index in [4.69, 9.17) is 9.52 Å². The van der Waals surface area contributed by atoms with Gasteiger partial charge in [0.1, 0.15) is 17.1 Å². The molecule has 1 atom stereocenters. The minimum Gasteiger partial charge on any atom is -0.478 e. The molecule has 1 aliphatic rings. The maximum atomic E-state index is 13.5. The summed E-state index contributed by atoms with van der Waals surface area (Å²) in [5.74, 6) is -0.948. The first kappa shape index (κ1) is 16.6. The number of benzene rings is 1. The highest BCUT2D eigenvalue weighted by Gasteiger charge is 2.26. The van der Waals surface area contributed by atoms with E-state index >= 15 is 0 Å². The van der Waals surface area contributed by atoms with Crippen LogP contribution in [0.4, 0.5) is 4.39 Å². The lowest BCUT2D eigenvalue weighted by Crippen LogP contribution is -2.30. The van der Waals surface area contributed by atoms with Gasteiger partial charge in [0.15, 0.2) is 5.76 Å². The largest absolute Gasteiger partial charge is 0.478 e. The Hall–Kier alpha value is -2.28. The summed E-state index contributed by atoms with van der Waals surface area (Å²) >= 11 is 1.62. The molecule has 3 rings (SSSR count). The minimum absolute atomic E-state index is 0.00621. The predicted octanol–water partition coefficient (Wildman–Crippen LogP) is 3.65. The second kappa shape index (κ2) is 6.68. The highest BCUT2D eigenvalue weighted by Crippen LogP contribution is 2.36. The summed E-state index contributed by atoms with van der Waals surface area (Å²) in [5.41, 5.74) is 0.730. The van der Waals surface area contributed by atoms with E-state index < -0.39 is 11.9 Å².